The normalized spacial score (nSPS) is 16.2. The van der Waals surface area contributed by atoms with Crippen LogP contribution < -0.4 is 0 Å². The lowest BCUT2D eigenvalue weighted by atomic mass is 9.90. The topological polar surface area (TPSA) is 26.3 Å². The quantitative estimate of drug-likeness (QED) is 0.227. The molecule has 0 radical (unpaired) electrons. The second-order valence-corrected chi connectivity index (χ2v) is 6.74. The Labute approximate surface area is 170 Å². The van der Waals surface area contributed by atoms with Crippen molar-refractivity contribution in [3.8, 4) is 0 Å². The van der Waals surface area contributed by atoms with Gasteiger partial charge in [-0.3, -0.25) is 4.79 Å². The Kier molecular flexibility index (Phi) is 8.54. The third-order valence-electron chi connectivity index (χ3n) is 4.24. The van der Waals surface area contributed by atoms with Crippen molar-refractivity contribution in [1.82, 2.24) is 0 Å². The van der Waals surface area contributed by atoms with Gasteiger partial charge in [0.15, 0.2) is 0 Å². The van der Waals surface area contributed by atoms with Crippen LogP contribution in [-0.2, 0) is 9.53 Å². The molecule has 2 nitrogen and oxygen atoms in total. The molecule has 192 valence electrons. The Morgan fingerprint density at radius 2 is 1.09 bits per heavy atom. The van der Waals surface area contributed by atoms with E-state index >= 15 is 0 Å². The second kappa shape index (κ2) is 8.99. The Hall–Kier alpha value is -1.58. The first-order chi connectivity index (χ1) is 13.8. The van der Waals surface area contributed by atoms with Crippen LogP contribution >= 0.6 is 0 Å². The monoisotopic (exact) mass is 512 g/mol. The van der Waals surface area contributed by atoms with Gasteiger partial charge >= 0.3 is 47.7 Å². The average molecular weight is 512 g/mol. The molecule has 0 aliphatic heterocycles. The Bertz CT molecular complexity index is 654. The zero-order valence-electron chi connectivity index (χ0n) is 15.9. The molecule has 0 heterocycles. The molecular formula is C15H15F15O2. The van der Waals surface area contributed by atoms with Crippen LogP contribution in [-0.4, -0.2) is 54.3 Å². The number of esters is 1. The maximum atomic E-state index is 13.6. The largest absolute Gasteiger partial charge is 0.465 e. The van der Waals surface area contributed by atoms with Crippen LogP contribution in [0.4, 0.5) is 65.9 Å². The summed E-state index contributed by atoms with van der Waals surface area (Å²) in [4.78, 5) is 11.2. The lowest BCUT2D eigenvalue weighted by molar-refractivity contribution is -0.412. The summed E-state index contributed by atoms with van der Waals surface area (Å²) in [5.41, 5.74) is 0. The summed E-state index contributed by atoms with van der Waals surface area (Å²) in [6.07, 6.45) is -14.0. The van der Waals surface area contributed by atoms with Gasteiger partial charge in [-0.25, -0.2) is 0 Å². The first-order valence-corrected chi connectivity index (χ1v) is 8.32. The van der Waals surface area contributed by atoms with Crippen molar-refractivity contribution in [1.29, 1.82) is 0 Å². The molecule has 0 N–H and O–H groups in total. The van der Waals surface area contributed by atoms with Gasteiger partial charge in [-0.1, -0.05) is 13.8 Å². The van der Waals surface area contributed by atoms with E-state index in [1.807, 2.05) is 0 Å². The summed E-state index contributed by atoms with van der Waals surface area (Å²) in [6, 6.07) is 0. The molecule has 17 heteroatoms. The van der Waals surface area contributed by atoms with Gasteiger partial charge in [0, 0.05) is 0 Å². The number of rotatable bonds is 11. The number of carbonyl (C=O) groups excluding carboxylic acids is 1. The van der Waals surface area contributed by atoms with Crippen LogP contribution in [0.2, 0.25) is 0 Å². The van der Waals surface area contributed by atoms with Crippen LogP contribution in [0.5, 0.6) is 0 Å². The van der Waals surface area contributed by atoms with Gasteiger partial charge in [0.05, 0.1) is 25.4 Å². The van der Waals surface area contributed by atoms with Crippen molar-refractivity contribution in [2.45, 2.75) is 74.8 Å². The van der Waals surface area contributed by atoms with Gasteiger partial charge in [0.1, 0.15) is 0 Å². The van der Waals surface area contributed by atoms with E-state index in [4.69, 9.17) is 0 Å². The molecule has 0 bridgehead atoms. The third-order valence-corrected chi connectivity index (χ3v) is 4.24. The molecule has 0 aromatic heterocycles. The highest BCUT2D eigenvalue weighted by Gasteiger charge is 2.87. The number of halogens is 15. The number of carbonyl (C=O) groups is 1. The molecule has 0 saturated carbocycles. The fourth-order valence-electron chi connectivity index (χ4n) is 1.89. The molecule has 0 fully saturated rings. The van der Waals surface area contributed by atoms with Gasteiger partial charge in [-0.2, -0.15) is 65.9 Å². The summed E-state index contributed by atoms with van der Waals surface area (Å²) in [5.74, 6) is -45.6. The summed E-state index contributed by atoms with van der Waals surface area (Å²) in [5, 5.41) is 0. The number of ether oxygens (including phenoxy) is 1. The molecule has 0 aliphatic rings. The van der Waals surface area contributed by atoms with Crippen LogP contribution in [0.1, 0.15) is 33.1 Å². The summed E-state index contributed by atoms with van der Waals surface area (Å²) >= 11 is 0. The Balaban J connectivity index is 5.87. The smallest absolute Gasteiger partial charge is 0.453 e. The minimum Gasteiger partial charge on any atom is -0.465 e. The van der Waals surface area contributed by atoms with Gasteiger partial charge in [-0.05, 0) is 6.42 Å². The fraction of sp³-hybridized carbons (Fsp3) is 0.933. The summed E-state index contributed by atoms with van der Waals surface area (Å²) in [7, 11) is 0. The van der Waals surface area contributed by atoms with Crippen molar-refractivity contribution >= 4 is 5.97 Å². The van der Waals surface area contributed by atoms with E-state index < -0.39 is 73.0 Å². The van der Waals surface area contributed by atoms with Crippen molar-refractivity contribution in [3.05, 3.63) is 0 Å². The maximum Gasteiger partial charge on any atom is 0.453 e. The van der Waals surface area contributed by atoms with E-state index in [0.717, 1.165) is 0 Å². The van der Waals surface area contributed by atoms with E-state index in [1.54, 1.807) is 0 Å². The first kappa shape index (κ1) is 30.4. The van der Waals surface area contributed by atoms with E-state index in [1.165, 1.54) is 13.8 Å². The second-order valence-electron chi connectivity index (χ2n) is 6.74. The van der Waals surface area contributed by atoms with Gasteiger partial charge in [0.25, 0.3) is 0 Å². The molecule has 0 amide bonds. The predicted molar refractivity (Wildman–Crippen MR) is 75.4 cm³/mol. The SMILES string of the molecule is CCC(C)C(=O)OCCC(F)(F)C(F)(F)C(F)(F)C(F)(F)C(F)(F)CC(F)(F)C(F)(F)F. The zero-order valence-corrected chi connectivity index (χ0v) is 15.9. The molecule has 1 atom stereocenters. The average Bonchev–Trinajstić information content (AvgIpc) is 2.58. The fourth-order valence-corrected chi connectivity index (χ4v) is 1.89. The van der Waals surface area contributed by atoms with Crippen LogP contribution in [0.3, 0.4) is 0 Å². The molecule has 0 aromatic rings. The molecule has 0 aromatic carbocycles. The van der Waals surface area contributed by atoms with Crippen LogP contribution in [0.25, 0.3) is 0 Å². The van der Waals surface area contributed by atoms with Crippen molar-refractivity contribution < 1.29 is 75.4 Å². The van der Waals surface area contributed by atoms with Gasteiger partial charge in [0.2, 0.25) is 0 Å². The zero-order chi connectivity index (χ0) is 26.2. The molecule has 0 saturated heterocycles. The first-order valence-electron chi connectivity index (χ1n) is 8.32. The molecule has 1 unspecified atom stereocenters. The molecule has 0 aliphatic carbocycles. The highest BCUT2D eigenvalue weighted by Crippen LogP contribution is 2.60. The van der Waals surface area contributed by atoms with E-state index in [2.05, 4.69) is 4.74 Å². The van der Waals surface area contributed by atoms with E-state index in [9.17, 15) is 70.7 Å². The van der Waals surface area contributed by atoms with E-state index in [-0.39, 0.29) is 6.42 Å². The van der Waals surface area contributed by atoms with Crippen LogP contribution in [0, 0.1) is 5.92 Å². The maximum absolute atomic E-state index is 13.6. The molecular weight excluding hydrogens is 497 g/mol. The summed E-state index contributed by atoms with van der Waals surface area (Å²) < 4.78 is 200. The van der Waals surface area contributed by atoms with Crippen LogP contribution in [0.15, 0.2) is 0 Å². The summed E-state index contributed by atoms with van der Waals surface area (Å²) in [6.45, 7) is 0.790. The van der Waals surface area contributed by atoms with E-state index in [0.29, 0.717) is 0 Å². The molecule has 0 rings (SSSR count). The van der Waals surface area contributed by atoms with Crippen molar-refractivity contribution in [3.63, 3.8) is 0 Å². The molecule has 32 heavy (non-hydrogen) atoms. The number of alkyl halides is 15. The number of hydrogen-bond donors (Lipinski definition) is 0. The van der Waals surface area contributed by atoms with Crippen molar-refractivity contribution in [2.24, 2.45) is 5.92 Å². The standard InChI is InChI=1S/C15H15F15O2/c1-3-7(2)8(31)32-5-4-9(16,17)12(22,23)14(26,27)13(24,25)10(18,19)6-11(20,21)15(28,29)30/h7H,3-6H2,1-2H3. The lowest BCUT2D eigenvalue weighted by Gasteiger charge is -2.40. The molecule has 0 spiro atoms. The third kappa shape index (κ3) is 5.48. The highest BCUT2D eigenvalue weighted by atomic mass is 19.4. The lowest BCUT2D eigenvalue weighted by Crippen LogP contribution is -2.68. The van der Waals surface area contributed by atoms with Crippen molar-refractivity contribution in [2.75, 3.05) is 6.61 Å². The Morgan fingerprint density at radius 1 is 0.688 bits per heavy atom. The Morgan fingerprint density at radius 3 is 1.47 bits per heavy atom. The van der Waals surface area contributed by atoms with Gasteiger partial charge < -0.3 is 4.74 Å². The van der Waals surface area contributed by atoms with Gasteiger partial charge in [-0.15, -0.1) is 0 Å². The minimum absolute atomic E-state index is 0.0489. The minimum atomic E-state index is -7.82. The number of hydrogen-bond acceptors (Lipinski definition) is 2. The highest BCUT2D eigenvalue weighted by molar-refractivity contribution is 5.71. The predicted octanol–water partition coefficient (Wildman–Crippen LogP) is 6.73.